The molecule has 2 heterocycles. The number of rotatable bonds is 1. The van der Waals surface area contributed by atoms with Crippen molar-refractivity contribution in [3.63, 3.8) is 0 Å². The van der Waals surface area contributed by atoms with Gasteiger partial charge in [-0.3, -0.25) is 0 Å². The number of ether oxygens (including phenoxy) is 2. The van der Waals surface area contributed by atoms with Gasteiger partial charge in [0.25, 0.3) is 0 Å². The third kappa shape index (κ3) is 1.25. The molecule has 2 heteroatoms. The number of benzene rings is 2. The molecule has 2 nitrogen and oxygen atoms in total. The van der Waals surface area contributed by atoms with Crippen molar-refractivity contribution in [2.24, 2.45) is 5.92 Å². The molecule has 84 valence electrons. The lowest BCUT2D eigenvalue weighted by molar-refractivity contribution is -0.257. The predicted molar refractivity (Wildman–Crippen MR) is 65.3 cm³/mol. The largest absolute Gasteiger partial charge is 0.472 e. The second kappa shape index (κ2) is 3.34. The van der Waals surface area contributed by atoms with Crippen LogP contribution in [0.5, 0.6) is 0 Å². The Bertz CT molecular complexity index is 597. The number of hydrogen-bond donors (Lipinski definition) is 0. The van der Waals surface area contributed by atoms with E-state index in [0.717, 1.165) is 0 Å². The topological polar surface area (TPSA) is 18.5 Å². The van der Waals surface area contributed by atoms with Crippen molar-refractivity contribution < 1.29 is 9.47 Å². The first-order valence-electron chi connectivity index (χ1n) is 5.89. The Morgan fingerprint density at radius 3 is 2.76 bits per heavy atom. The summed E-state index contributed by atoms with van der Waals surface area (Å²) < 4.78 is 11.1. The first-order valence-corrected chi connectivity index (χ1v) is 5.89. The Balaban J connectivity index is 1.83. The SMILES string of the molecule is C1=C[C@@H]2[C@H](O1)O[C@@H]2c1cccc2ccccc12. The predicted octanol–water partition coefficient (Wildman–Crippen LogP) is 3.40. The fraction of sp³-hybridized carbons (Fsp3) is 0.200. The Morgan fingerprint density at radius 1 is 0.941 bits per heavy atom. The summed E-state index contributed by atoms with van der Waals surface area (Å²) in [5.41, 5.74) is 1.26. The molecule has 4 rings (SSSR count). The first-order chi connectivity index (χ1) is 8.43. The fourth-order valence-electron chi connectivity index (χ4n) is 2.69. The van der Waals surface area contributed by atoms with Crippen LogP contribution < -0.4 is 0 Å². The van der Waals surface area contributed by atoms with Gasteiger partial charge >= 0.3 is 0 Å². The average molecular weight is 224 g/mol. The van der Waals surface area contributed by atoms with Gasteiger partial charge in [0.2, 0.25) is 6.29 Å². The molecular weight excluding hydrogens is 212 g/mol. The molecule has 2 aromatic rings. The van der Waals surface area contributed by atoms with Crippen molar-refractivity contribution in [3.05, 3.63) is 60.4 Å². The molecule has 17 heavy (non-hydrogen) atoms. The lowest BCUT2D eigenvalue weighted by Gasteiger charge is -2.39. The second-order valence-electron chi connectivity index (χ2n) is 4.54. The molecule has 0 N–H and O–H groups in total. The van der Waals surface area contributed by atoms with Gasteiger partial charge < -0.3 is 9.47 Å². The van der Waals surface area contributed by atoms with E-state index >= 15 is 0 Å². The zero-order valence-electron chi connectivity index (χ0n) is 9.24. The summed E-state index contributed by atoms with van der Waals surface area (Å²) in [5, 5.41) is 2.54. The van der Waals surface area contributed by atoms with Crippen LogP contribution in [0.4, 0.5) is 0 Å². The minimum Gasteiger partial charge on any atom is -0.472 e. The van der Waals surface area contributed by atoms with Crippen LogP contribution in [-0.2, 0) is 9.47 Å². The van der Waals surface area contributed by atoms with E-state index in [1.54, 1.807) is 6.26 Å². The van der Waals surface area contributed by atoms with E-state index < -0.39 is 0 Å². The van der Waals surface area contributed by atoms with Gasteiger partial charge in [-0.1, -0.05) is 42.5 Å². The molecule has 0 aromatic heterocycles. The quantitative estimate of drug-likeness (QED) is 0.739. The Morgan fingerprint density at radius 2 is 1.82 bits per heavy atom. The molecule has 0 spiro atoms. The van der Waals surface area contributed by atoms with Crippen molar-refractivity contribution in [2.75, 3.05) is 0 Å². The molecule has 2 aliphatic rings. The molecule has 1 saturated heterocycles. The average Bonchev–Trinajstić information content (AvgIpc) is 2.71. The van der Waals surface area contributed by atoms with Gasteiger partial charge in [0.1, 0.15) is 0 Å². The number of hydrogen-bond acceptors (Lipinski definition) is 2. The monoisotopic (exact) mass is 224 g/mol. The second-order valence-corrected chi connectivity index (χ2v) is 4.54. The first kappa shape index (κ1) is 9.25. The van der Waals surface area contributed by atoms with Crippen LogP contribution in [0.2, 0.25) is 0 Å². The molecule has 1 fully saturated rings. The Kier molecular flexibility index (Phi) is 1.82. The van der Waals surface area contributed by atoms with Gasteiger partial charge in [0, 0.05) is 0 Å². The molecule has 3 atom stereocenters. The van der Waals surface area contributed by atoms with E-state index in [1.165, 1.54) is 16.3 Å². The summed E-state index contributed by atoms with van der Waals surface area (Å²) in [4.78, 5) is 0. The van der Waals surface area contributed by atoms with Gasteiger partial charge in [-0.25, -0.2) is 0 Å². The highest BCUT2D eigenvalue weighted by Crippen LogP contribution is 2.46. The van der Waals surface area contributed by atoms with Crippen LogP contribution >= 0.6 is 0 Å². The van der Waals surface area contributed by atoms with Crippen LogP contribution in [0.15, 0.2) is 54.8 Å². The van der Waals surface area contributed by atoms with Gasteiger partial charge in [-0.2, -0.15) is 0 Å². The van der Waals surface area contributed by atoms with E-state index in [4.69, 9.17) is 9.47 Å². The van der Waals surface area contributed by atoms with Crippen LogP contribution in [0.25, 0.3) is 10.8 Å². The Hall–Kier alpha value is -1.80. The van der Waals surface area contributed by atoms with Gasteiger partial charge in [-0.15, -0.1) is 0 Å². The maximum Gasteiger partial charge on any atom is 0.208 e. The van der Waals surface area contributed by atoms with E-state index in [2.05, 4.69) is 48.5 Å². The van der Waals surface area contributed by atoms with Crippen molar-refractivity contribution in [1.82, 2.24) is 0 Å². The molecule has 0 unspecified atom stereocenters. The van der Waals surface area contributed by atoms with Gasteiger partial charge in [-0.05, 0) is 22.4 Å². The van der Waals surface area contributed by atoms with E-state index in [9.17, 15) is 0 Å². The van der Waals surface area contributed by atoms with Crippen molar-refractivity contribution in [2.45, 2.75) is 12.4 Å². The van der Waals surface area contributed by atoms with Crippen molar-refractivity contribution in [1.29, 1.82) is 0 Å². The summed E-state index contributed by atoms with van der Waals surface area (Å²) in [7, 11) is 0. The number of fused-ring (bicyclic) bond motifs is 2. The van der Waals surface area contributed by atoms with Gasteiger partial charge in [0.15, 0.2) is 0 Å². The smallest absolute Gasteiger partial charge is 0.208 e. The summed E-state index contributed by atoms with van der Waals surface area (Å²) in [6.45, 7) is 0. The highest BCUT2D eigenvalue weighted by Gasteiger charge is 2.46. The molecule has 2 aliphatic heterocycles. The normalized spacial score (nSPS) is 29.8. The maximum absolute atomic E-state index is 5.77. The third-order valence-corrected chi connectivity index (χ3v) is 3.59. The molecule has 0 radical (unpaired) electrons. The fourth-order valence-corrected chi connectivity index (χ4v) is 2.69. The minimum atomic E-state index is -0.0565. The minimum absolute atomic E-state index is 0.0565. The highest BCUT2D eigenvalue weighted by atomic mass is 16.7. The summed E-state index contributed by atoms with van der Waals surface area (Å²) >= 11 is 0. The molecule has 0 amide bonds. The van der Waals surface area contributed by atoms with E-state index in [1.807, 2.05) is 0 Å². The molecule has 2 aromatic carbocycles. The molecule has 0 saturated carbocycles. The van der Waals surface area contributed by atoms with Crippen molar-refractivity contribution in [3.8, 4) is 0 Å². The highest BCUT2D eigenvalue weighted by molar-refractivity contribution is 5.86. The molecule has 0 bridgehead atoms. The molecular formula is C15H12O2. The maximum atomic E-state index is 5.77. The van der Waals surface area contributed by atoms with Crippen LogP contribution in [0.3, 0.4) is 0 Å². The van der Waals surface area contributed by atoms with Crippen LogP contribution in [0, 0.1) is 5.92 Å². The summed E-state index contributed by atoms with van der Waals surface area (Å²) in [5.74, 6) is 0.376. The molecule has 0 aliphatic carbocycles. The van der Waals surface area contributed by atoms with Crippen LogP contribution in [-0.4, -0.2) is 6.29 Å². The standard InChI is InChI=1S/C15H12O2/c1-2-6-11-10(4-1)5-3-7-12(11)14-13-8-9-16-15(13)17-14/h1-9,13-15H/t13-,14+,15+/m0/s1. The lowest BCUT2D eigenvalue weighted by atomic mass is 9.88. The summed E-state index contributed by atoms with van der Waals surface area (Å²) in [6.07, 6.45) is 3.94. The Labute approximate surface area is 99.5 Å². The van der Waals surface area contributed by atoms with Crippen molar-refractivity contribution >= 4 is 10.8 Å². The van der Waals surface area contributed by atoms with Gasteiger partial charge in [0.05, 0.1) is 18.3 Å². The third-order valence-electron chi connectivity index (χ3n) is 3.59. The van der Waals surface area contributed by atoms with E-state index in [-0.39, 0.29) is 12.4 Å². The summed E-state index contributed by atoms with van der Waals surface area (Å²) in [6, 6.07) is 14.8. The zero-order valence-corrected chi connectivity index (χ0v) is 9.24. The van der Waals surface area contributed by atoms with E-state index in [0.29, 0.717) is 5.92 Å². The zero-order chi connectivity index (χ0) is 11.2. The lowest BCUT2D eigenvalue weighted by Crippen LogP contribution is -2.39. The van der Waals surface area contributed by atoms with Crippen LogP contribution in [0.1, 0.15) is 11.7 Å².